The first-order valence-electron chi connectivity index (χ1n) is 4.73. The summed E-state index contributed by atoms with van der Waals surface area (Å²) in [6.07, 6.45) is 2.32. The lowest BCUT2D eigenvalue weighted by Crippen LogP contribution is -2.46. The predicted octanol–water partition coefficient (Wildman–Crippen LogP) is 1.000. The lowest BCUT2D eigenvalue weighted by Gasteiger charge is -2.33. The van der Waals surface area contributed by atoms with Crippen LogP contribution in [0, 0.1) is 0 Å². The highest BCUT2D eigenvalue weighted by Crippen LogP contribution is 2.19. The van der Waals surface area contributed by atoms with Crippen LogP contribution < -0.4 is 0 Å². The van der Waals surface area contributed by atoms with Crippen LogP contribution in [0.25, 0.3) is 0 Å². The van der Waals surface area contributed by atoms with Crippen molar-refractivity contribution in [2.45, 2.75) is 25.8 Å². The molecule has 1 aromatic rings. The zero-order chi connectivity index (χ0) is 12.3. The Labute approximate surface area is 92.9 Å². The van der Waals surface area contributed by atoms with E-state index in [4.69, 9.17) is 9.52 Å². The third-order valence-electron chi connectivity index (χ3n) is 2.44. The van der Waals surface area contributed by atoms with Gasteiger partial charge >= 0.3 is 5.97 Å². The van der Waals surface area contributed by atoms with E-state index in [-0.39, 0.29) is 18.1 Å². The molecule has 0 radical (unpaired) electrons. The third-order valence-corrected chi connectivity index (χ3v) is 2.44. The number of carbonyl (C=O) groups is 2. The molecule has 0 unspecified atom stereocenters. The summed E-state index contributed by atoms with van der Waals surface area (Å²) in [5.41, 5.74) is -0.782. The zero-order valence-corrected chi connectivity index (χ0v) is 9.43. The summed E-state index contributed by atoms with van der Waals surface area (Å²) in [5, 5.41) is 8.74. The number of hydrogen-bond donors (Lipinski definition) is 1. The van der Waals surface area contributed by atoms with Crippen molar-refractivity contribution in [3.8, 4) is 0 Å². The predicted molar refractivity (Wildman–Crippen MR) is 54.9 cm³/mol. The van der Waals surface area contributed by atoms with Crippen LogP contribution in [0.3, 0.4) is 0 Å². The van der Waals surface area contributed by atoms with Gasteiger partial charge in [-0.05, 0) is 13.8 Å². The van der Waals surface area contributed by atoms with Gasteiger partial charge in [-0.1, -0.05) is 0 Å². The molecule has 0 fully saturated rings. The van der Waals surface area contributed by atoms with Crippen molar-refractivity contribution < 1.29 is 19.1 Å². The zero-order valence-electron chi connectivity index (χ0n) is 9.43. The maximum absolute atomic E-state index is 11.8. The van der Waals surface area contributed by atoms with Gasteiger partial charge in [0.05, 0.1) is 12.6 Å². The highest BCUT2D eigenvalue weighted by molar-refractivity contribution is 5.91. The Hall–Kier alpha value is -1.85. The topological polar surface area (TPSA) is 83.6 Å². The summed E-state index contributed by atoms with van der Waals surface area (Å²) in [4.78, 5) is 27.5. The van der Waals surface area contributed by atoms with Gasteiger partial charge in [0.2, 0.25) is 5.76 Å². The van der Waals surface area contributed by atoms with Gasteiger partial charge in [0.15, 0.2) is 6.39 Å². The Morgan fingerprint density at radius 3 is 2.62 bits per heavy atom. The Kier molecular flexibility index (Phi) is 3.31. The van der Waals surface area contributed by atoms with E-state index in [1.54, 1.807) is 13.8 Å². The second-order valence-electron chi connectivity index (χ2n) is 4.11. The molecule has 1 amide bonds. The average Bonchev–Trinajstić information content (AvgIpc) is 2.66. The molecule has 6 nitrogen and oxygen atoms in total. The Bertz CT molecular complexity index is 384. The van der Waals surface area contributed by atoms with E-state index < -0.39 is 11.5 Å². The molecule has 16 heavy (non-hydrogen) atoms. The molecule has 0 atom stereocenters. The third kappa shape index (κ3) is 2.59. The maximum atomic E-state index is 11.8. The van der Waals surface area contributed by atoms with Crippen molar-refractivity contribution in [2.24, 2.45) is 0 Å². The van der Waals surface area contributed by atoms with Crippen LogP contribution in [-0.4, -0.2) is 39.5 Å². The molecule has 0 aromatic carbocycles. The van der Waals surface area contributed by atoms with E-state index in [1.165, 1.54) is 18.1 Å². The van der Waals surface area contributed by atoms with Crippen LogP contribution in [0.2, 0.25) is 0 Å². The number of carboxylic acid groups (broad SMARTS) is 1. The molecule has 0 aliphatic rings. The monoisotopic (exact) mass is 226 g/mol. The van der Waals surface area contributed by atoms with Crippen LogP contribution in [0.5, 0.6) is 0 Å². The Morgan fingerprint density at radius 1 is 1.56 bits per heavy atom. The fraction of sp³-hybridized carbons (Fsp3) is 0.500. The fourth-order valence-corrected chi connectivity index (χ4v) is 1.25. The summed E-state index contributed by atoms with van der Waals surface area (Å²) in [7, 11) is 1.54. The summed E-state index contributed by atoms with van der Waals surface area (Å²) in [6, 6.07) is 0. The number of nitrogens with zero attached hydrogens (tertiary/aromatic N) is 2. The molecule has 1 aromatic heterocycles. The number of hydrogen-bond acceptors (Lipinski definition) is 4. The minimum Gasteiger partial charge on any atom is -0.481 e. The van der Waals surface area contributed by atoms with Crippen LogP contribution in [0.15, 0.2) is 17.0 Å². The molecule has 1 heterocycles. The van der Waals surface area contributed by atoms with Gasteiger partial charge in [-0.3, -0.25) is 9.59 Å². The van der Waals surface area contributed by atoms with Crippen molar-refractivity contribution >= 4 is 11.9 Å². The first kappa shape index (κ1) is 12.2. The van der Waals surface area contributed by atoms with Crippen LogP contribution in [-0.2, 0) is 4.79 Å². The van der Waals surface area contributed by atoms with E-state index in [2.05, 4.69) is 4.98 Å². The SMILES string of the molecule is CN(C(=O)c1cnco1)C(C)(C)CC(=O)O. The van der Waals surface area contributed by atoms with Gasteiger partial charge in [-0.25, -0.2) is 4.98 Å². The van der Waals surface area contributed by atoms with Crippen molar-refractivity contribution in [3.05, 3.63) is 18.4 Å². The van der Waals surface area contributed by atoms with Gasteiger partial charge in [-0.2, -0.15) is 0 Å². The van der Waals surface area contributed by atoms with E-state index in [0.717, 1.165) is 6.39 Å². The number of carboxylic acids is 1. The fourth-order valence-electron chi connectivity index (χ4n) is 1.25. The molecule has 0 aliphatic carbocycles. The van der Waals surface area contributed by atoms with Crippen molar-refractivity contribution in [1.29, 1.82) is 0 Å². The quantitative estimate of drug-likeness (QED) is 0.827. The molecule has 0 spiro atoms. The Balaban J connectivity index is 2.81. The number of carbonyl (C=O) groups excluding carboxylic acids is 1. The minimum atomic E-state index is -0.956. The maximum Gasteiger partial charge on any atom is 0.305 e. The number of rotatable bonds is 4. The molecule has 0 saturated carbocycles. The molecule has 1 rings (SSSR count). The lowest BCUT2D eigenvalue weighted by molar-refractivity contribution is -0.139. The molecule has 88 valence electrons. The summed E-state index contributed by atoms with van der Waals surface area (Å²) >= 11 is 0. The summed E-state index contributed by atoms with van der Waals surface area (Å²) in [5.74, 6) is -1.24. The smallest absolute Gasteiger partial charge is 0.305 e. The lowest BCUT2D eigenvalue weighted by atomic mass is 9.98. The van der Waals surface area contributed by atoms with E-state index in [9.17, 15) is 9.59 Å². The molecule has 6 heteroatoms. The van der Waals surface area contributed by atoms with Crippen molar-refractivity contribution in [3.63, 3.8) is 0 Å². The average molecular weight is 226 g/mol. The normalized spacial score (nSPS) is 11.2. The van der Waals surface area contributed by atoms with Gasteiger partial charge in [0, 0.05) is 12.6 Å². The Morgan fingerprint density at radius 2 is 2.19 bits per heavy atom. The first-order chi connectivity index (χ1) is 7.34. The van der Waals surface area contributed by atoms with Crippen LogP contribution in [0.4, 0.5) is 0 Å². The minimum absolute atomic E-state index is 0.0981. The van der Waals surface area contributed by atoms with Gasteiger partial charge in [0.25, 0.3) is 5.91 Å². The summed E-state index contributed by atoms with van der Waals surface area (Å²) < 4.78 is 4.87. The van der Waals surface area contributed by atoms with Crippen molar-refractivity contribution in [1.82, 2.24) is 9.88 Å². The largest absolute Gasteiger partial charge is 0.481 e. The second kappa shape index (κ2) is 4.34. The second-order valence-corrected chi connectivity index (χ2v) is 4.11. The summed E-state index contributed by atoms with van der Waals surface area (Å²) in [6.45, 7) is 3.35. The molecule has 0 aliphatic heterocycles. The number of amides is 1. The van der Waals surface area contributed by atoms with Gasteiger partial charge in [0.1, 0.15) is 0 Å². The molecule has 0 bridgehead atoms. The molecular formula is C10H14N2O4. The van der Waals surface area contributed by atoms with Crippen LogP contribution >= 0.6 is 0 Å². The number of oxazole rings is 1. The highest BCUT2D eigenvalue weighted by Gasteiger charge is 2.31. The molecular weight excluding hydrogens is 212 g/mol. The van der Waals surface area contributed by atoms with E-state index in [0.29, 0.717) is 0 Å². The highest BCUT2D eigenvalue weighted by atomic mass is 16.4. The van der Waals surface area contributed by atoms with Crippen LogP contribution in [0.1, 0.15) is 30.8 Å². The molecule has 0 saturated heterocycles. The van der Waals surface area contributed by atoms with Gasteiger partial charge < -0.3 is 14.4 Å². The first-order valence-corrected chi connectivity index (χ1v) is 4.73. The molecule has 1 N–H and O–H groups in total. The van der Waals surface area contributed by atoms with Crippen molar-refractivity contribution in [2.75, 3.05) is 7.05 Å². The van der Waals surface area contributed by atoms with E-state index in [1.807, 2.05) is 0 Å². The number of aliphatic carboxylic acids is 1. The van der Waals surface area contributed by atoms with E-state index >= 15 is 0 Å². The van der Waals surface area contributed by atoms with Gasteiger partial charge in [-0.15, -0.1) is 0 Å². The number of aromatic nitrogens is 1. The standard InChI is InChI=1S/C10H14N2O4/c1-10(2,4-8(13)14)12(3)9(15)7-5-11-6-16-7/h5-6H,4H2,1-3H3,(H,13,14).